The van der Waals surface area contributed by atoms with E-state index in [-0.39, 0.29) is 12.6 Å². The lowest BCUT2D eigenvalue weighted by Gasteiger charge is -2.41. The van der Waals surface area contributed by atoms with E-state index in [4.69, 9.17) is 9.47 Å². The molecule has 1 aliphatic carbocycles. The fourth-order valence-corrected chi connectivity index (χ4v) is 5.67. The summed E-state index contributed by atoms with van der Waals surface area (Å²) in [6.45, 7) is 4.77. The van der Waals surface area contributed by atoms with Gasteiger partial charge in [0.2, 0.25) is 5.91 Å². The SMILES string of the molecule is Cc1cc2c(c(CC(=O)CCCCCC(=O)N3CCC4CCCCC4C3)c1)OCOC2. The third kappa shape index (κ3) is 5.88. The zero-order valence-electron chi connectivity index (χ0n) is 19.0. The molecule has 0 radical (unpaired) electrons. The van der Waals surface area contributed by atoms with Crippen LogP contribution in [0, 0.1) is 18.8 Å². The van der Waals surface area contributed by atoms with Crippen molar-refractivity contribution < 1.29 is 19.1 Å². The van der Waals surface area contributed by atoms with E-state index in [1.807, 2.05) is 6.92 Å². The Balaban J connectivity index is 1.15. The minimum absolute atomic E-state index is 0.244. The summed E-state index contributed by atoms with van der Waals surface area (Å²) in [5.41, 5.74) is 3.14. The van der Waals surface area contributed by atoms with E-state index in [1.54, 1.807) is 0 Å². The van der Waals surface area contributed by atoms with Crippen molar-refractivity contribution in [1.82, 2.24) is 4.90 Å². The first-order chi connectivity index (χ1) is 15.1. The molecule has 4 rings (SSSR count). The molecule has 0 aromatic heterocycles. The molecular formula is C26H37NO4. The van der Waals surface area contributed by atoms with Crippen LogP contribution in [-0.4, -0.2) is 36.5 Å². The number of ether oxygens (including phenoxy) is 2. The van der Waals surface area contributed by atoms with E-state index in [0.717, 1.165) is 66.6 Å². The number of aryl methyl sites for hydroxylation is 1. The van der Waals surface area contributed by atoms with Gasteiger partial charge in [-0.05, 0) is 44.4 Å². The van der Waals surface area contributed by atoms with Crippen molar-refractivity contribution in [2.24, 2.45) is 11.8 Å². The van der Waals surface area contributed by atoms with Crippen molar-refractivity contribution in [1.29, 1.82) is 0 Å². The van der Waals surface area contributed by atoms with Gasteiger partial charge in [-0.3, -0.25) is 9.59 Å². The van der Waals surface area contributed by atoms with Crippen molar-refractivity contribution in [3.8, 4) is 5.75 Å². The molecule has 2 unspecified atom stereocenters. The molecule has 1 saturated carbocycles. The summed E-state index contributed by atoms with van der Waals surface area (Å²) in [6, 6.07) is 4.12. The lowest BCUT2D eigenvalue weighted by molar-refractivity contribution is -0.134. The van der Waals surface area contributed by atoms with Gasteiger partial charge in [0, 0.05) is 43.5 Å². The predicted molar refractivity (Wildman–Crippen MR) is 120 cm³/mol. The molecule has 0 N–H and O–H groups in total. The Labute approximate surface area is 186 Å². The number of piperidine rings is 1. The van der Waals surface area contributed by atoms with Gasteiger partial charge in [0.1, 0.15) is 11.5 Å². The van der Waals surface area contributed by atoms with Crippen LogP contribution in [0.5, 0.6) is 5.75 Å². The maximum atomic E-state index is 12.6. The van der Waals surface area contributed by atoms with Gasteiger partial charge < -0.3 is 14.4 Å². The fraction of sp³-hybridized carbons (Fsp3) is 0.692. The number of nitrogens with zero attached hydrogens (tertiary/aromatic N) is 1. The summed E-state index contributed by atoms with van der Waals surface area (Å²) < 4.78 is 11.0. The number of carbonyl (C=O) groups excluding carboxylic acids is 2. The van der Waals surface area contributed by atoms with Gasteiger partial charge in [-0.2, -0.15) is 0 Å². The number of benzene rings is 1. The Morgan fingerprint density at radius 1 is 1.03 bits per heavy atom. The van der Waals surface area contributed by atoms with Gasteiger partial charge in [-0.15, -0.1) is 0 Å². The molecule has 1 amide bonds. The molecule has 2 heterocycles. The maximum Gasteiger partial charge on any atom is 0.222 e. The zero-order valence-corrected chi connectivity index (χ0v) is 19.0. The lowest BCUT2D eigenvalue weighted by Crippen LogP contribution is -2.44. The van der Waals surface area contributed by atoms with Gasteiger partial charge in [-0.25, -0.2) is 0 Å². The minimum Gasteiger partial charge on any atom is -0.467 e. The number of hydrogen-bond donors (Lipinski definition) is 0. The topological polar surface area (TPSA) is 55.8 Å². The van der Waals surface area contributed by atoms with E-state index in [9.17, 15) is 9.59 Å². The average Bonchev–Trinajstić information content (AvgIpc) is 2.78. The van der Waals surface area contributed by atoms with Crippen LogP contribution in [0.25, 0.3) is 0 Å². The van der Waals surface area contributed by atoms with Crippen molar-refractivity contribution in [2.75, 3.05) is 19.9 Å². The first-order valence-electron chi connectivity index (χ1n) is 12.2. The smallest absolute Gasteiger partial charge is 0.222 e. The zero-order chi connectivity index (χ0) is 21.6. The van der Waals surface area contributed by atoms with Gasteiger partial charge in [0.25, 0.3) is 0 Å². The summed E-state index contributed by atoms with van der Waals surface area (Å²) in [6.07, 6.45) is 10.9. The summed E-state index contributed by atoms with van der Waals surface area (Å²) in [5, 5.41) is 0. The van der Waals surface area contributed by atoms with Crippen LogP contribution in [0.3, 0.4) is 0 Å². The molecule has 3 aliphatic rings. The Morgan fingerprint density at radius 2 is 1.84 bits per heavy atom. The Hall–Kier alpha value is -1.88. The number of rotatable bonds is 8. The molecule has 5 heteroatoms. The number of ketones is 1. The minimum atomic E-state index is 0.244. The Bertz CT molecular complexity index is 790. The summed E-state index contributed by atoms with van der Waals surface area (Å²) in [7, 11) is 0. The van der Waals surface area contributed by atoms with E-state index < -0.39 is 0 Å². The van der Waals surface area contributed by atoms with Gasteiger partial charge in [0.15, 0.2) is 6.79 Å². The van der Waals surface area contributed by atoms with E-state index in [0.29, 0.717) is 31.8 Å². The number of carbonyl (C=O) groups is 2. The average molecular weight is 428 g/mol. The van der Waals surface area contributed by atoms with Crippen molar-refractivity contribution >= 4 is 11.7 Å². The van der Waals surface area contributed by atoms with Crippen LogP contribution in [0.2, 0.25) is 0 Å². The molecule has 170 valence electrons. The van der Waals surface area contributed by atoms with Crippen molar-refractivity contribution in [2.45, 2.75) is 84.2 Å². The molecule has 1 saturated heterocycles. The van der Waals surface area contributed by atoms with Crippen LogP contribution >= 0.6 is 0 Å². The van der Waals surface area contributed by atoms with Gasteiger partial charge in [-0.1, -0.05) is 43.4 Å². The highest BCUT2D eigenvalue weighted by molar-refractivity contribution is 5.81. The number of fused-ring (bicyclic) bond motifs is 2. The second-order valence-corrected chi connectivity index (χ2v) is 9.73. The molecule has 1 aromatic carbocycles. The first-order valence-corrected chi connectivity index (χ1v) is 12.2. The highest BCUT2D eigenvalue weighted by Crippen LogP contribution is 2.36. The standard InChI is InChI=1S/C26H37NO4/c1-19-13-22(26-23(14-19)17-30-18-31-26)15-24(28)9-3-2-4-10-25(29)27-12-11-20-7-5-6-8-21(20)16-27/h13-14,20-21H,2-12,15-18H2,1H3. The number of hydrogen-bond acceptors (Lipinski definition) is 4. The summed E-state index contributed by atoms with van der Waals surface area (Å²) >= 11 is 0. The molecular weight excluding hydrogens is 390 g/mol. The van der Waals surface area contributed by atoms with E-state index in [1.165, 1.54) is 32.1 Å². The molecule has 0 bridgehead atoms. The molecule has 5 nitrogen and oxygen atoms in total. The number of likely N-dealkylation sites (tertiary alicyclic amines) is 1. The van der Waals surface area contributed by atoms with Crippen LogP contribution in [0.4, 0.5) is 0 Å². The molecule has 2 atom stereocenters. The Kier molecular flexibility index (Phi) is 7.65. The predicted octanol–water partition coefficient (Wildman–Crippen LogP) is 4.96. The van der Waals surface area contributed by atoms with Crippen LogP contribution in [-0.2, 0) is 27.4 Å². The third-order valence-electron chi connectivity index (χ3n) is 7.31. The van der Waals surface area contributed by atoms with E-state index in [2.05, 4.69) is 17.0 Å². The first kappa shape index (κ1) is 22.3. The summed E-state index contributed by atoms with van der Waals surface area (Å²) in [5.74, 6) is 3.00. The van der Waals surface area contributed by atoms with Crippen molar-refractivity contribution in [3.63, 3.8) is 0 Å². The van der Waals surface area contributed by atoms with Crippen LogP contribution < -0.4 is 4.74 Å². The maximum absolute atomic E-state index is 12.6. The van der Waals surface area contributed by atoms with Crippen LogP contribution in [0.1, 0.15) is 80.9 Å². The number of Topliss-reactive ketones (excluding diaryl/α,β-unsaturated/α-hetero) is 1. The molecule has 31 heavy (non-hydrogen) atoms. The fourth-order valence-electron chi connectivity index (χ4n) is 5.67. The molecule has 2 fully saturated rings. The van der Waals surface area contributed by atoms with Gasteiger partial charge in [0.05, 0.1) is 6.61 Å². The summed E-state index contributed by atoms with van der Waals surface area (Å²) in [4.78, 5) is 27.3. The molecule has 0 spiro atoms. The molecule has 2 aliphatic heterocycles. The van der Waals surface area contributed by atoms with Gasteiger partial charge >= 0.3 is 0 Å². The number of unbranched alkanes of at least 4 members (excludes halogenated alkanes) is 2. The monoisotopic (exact) mass is 427 g/mol. The van der Waals surface area contributed by atoms with E-state index >= 15 is 0 Å². The second-order valence-electron chi connectivity index (χ2n) is 9.73. The molecule has 1 aromatic rings. The second kappa shape index (κ2) is 10.6. The van der Waals surface area contributed by atoms with Crippen molar-refractivity contribution in [3.05, 3.63) is 28.8 Å². The highest BCUT2D eigenvalue weighted by atomic mass is 16.7. The lowest BCUT2D eigenvalue weighted by atomic mass is 9.75. The Morgan fingerprint density at radius 3 is 2.71 bits per heavy atom. The third-order valence-corrected chi connectivity index (χ3v) is 7.31. The number of amides is 1. The largest absolute Gasteiger partial charge is 0.467 e. The normalized spacial score (nSPS) is 22.9. The van der Waals surface area contributed by atoms with Crippen LogP contribution in [0.15, 0.2) is 12.1 Å². The quantitative estimate of drug-likeness (QED) is 0.550. The highest BCUT2D eigenvalue weighted by Gasteiger charge is 2.32.